The maximum absolute atomic E-state index is 12.5. The number of non-ortho nitro benzene ring substituents is 1. The molecular weight excluding hydrogens is 336 g/mol. The van der Waals surface area contributed by atoms with E-state index in [2.05, 4.69) is 19.2 Å². The number of carbonyl (C=O) groups is 2. The summed E-state index contributed by atoms with van der Waals surface area (Å²) in [4.78, 5) is 34.9. The van der Waals surface area contributed by atoms with Gasteiger partial charge in [-0.25, -0.2) is 4.79 Å². The number of cyclic esters (lactones) is 1. The van der Waals surface area contributed by atoms with Gasteiger partial charge in [0, 0.05) is 24.2 Å². The minimum absolute atomic E-state index is 0.129. The van der Waals surface area contributed by atoms with E-state index in [0.29, 0.717) is 11.5 Å². The molecule has 26 heavy (non-hydrogen) atoms. The molecule has 0 aliphatic carbocycles. The molecule has 0 radical (unpaired) electrons. The van der Waals surface area contributed by atoms with Crippen molar-refractivity contribution in [3.63, 3.8) is 0 Å². The van der Waals surface area contributed by atoms with Gasteiger partial charge in [0.25, 0.3) is 11.6 Å². The number of hydrogen-bond donors (Lipinski definition) is 1. The van der Waals surface area contributed by atoms with E-state index in [1.165, 1.54) is 18.2 Å². The number of benzene rings is 2. The minimum Gasteiger partial charge on any atom is -0.448 e. The summed E-state index contributed by atoms with van der Waals surface area (Å²) in [6.07, 6.45) is -0.709. The Balaban J connectivity index is 1.79. The lowest BCUT2D eigenvalue weighted by atomic mass is 9.92. The van der Waals surface area contributed by atoms with Crippen LogP contribution in [-0.2, 0) is 16.0 Å². The second kappa shape index (κ2) is 6.95. The molecule has 0 fully saturated rings. The van der Waals surface area contributed by atoms with Crippen LogP contribution in [0.4, 0.5) is 11.4 Å². The number of rotatable bonds is 4. The van der Waals surface area contributed by atoms with Crippen LogP contribution in [0.25, 0.3) is 0 Å². The largest absolute Gasteiger partial charge is 0.448 e. The van der Waals surface area contributed by atoms with Crippen molar-refractivity contribution in [2.75, 3.05) is 5.32 Å². The van der Waals surface area contributed by atoms with Crippen molar-refractivity contribution in [1.29, 1.82) is 0 Å². The molecule has 2 aromatic carbocycles. The van der Waals surface area contributed by atoms with Gasteiger partial charge in [-0.3, -0.25) is 14.9 Å². The van der Waals surface area contributed by atoms with E-state index >= 15 is 0 Å². The number of fused-ring (bicyclic) bond motifs is 1. The van der Waals surface area contributed by atoms with Crippen LogP contribution in [0, 0.1) is 10.1 Å². The quantitative estimate of drug-likeness (QED) is 0.515. The molecular formula is C19H18N2O5. The summed E-state index contributed by atoms with van der Waals surface area (Å²) in [6, 6.07) is 11.1. The monoisotopic (exact) mass is 354 g/mol. The minimum atomic E-state index is -0.975. The molecule has 1 unspecified atom stereocenters. The van der Waals surface area contributed by atoms with E-state index < -0.39 is 22.9 Å². The normalized spacial score (nSPS) is 16.0. The van der Waals surface area contributed by atoms with E-state index in [0.717, 1.165) is 11.1 Å². The smallest absolute Gasteiger partial charge is 0.339 e. The van der Waals surface area contributed by atoms with Crippen LogP contribution in [0.2, 0.25) is 0 Å². The first kappa shape index (κ1) is 17.6. The van der Waals surface area contributed by atoms with Crippen LogP contribution in [0.15, 0.2) is 42.5 Å². The Labute approximate surface area is 150 Å². The number of nitro benzene ring substituents is 1. The van der Waals surface area contributed by atoms with Crippen LogP contribution in [0.1, 0.15) is 41.3 Å². The van der Waals surface area contributed by atoms with Gasteiger partial charge in [0.1, 0.15) is 0 Å². The summed E-state index contributed by atoms with van der Waals surface area (Å²) >= 11 is 0. The van der Waals surface area contributed by atoms with E-state index in [1.807, 2.05) is 12.1 Å². The van der Waals surface area contributed by atoms with Crippen LogP contribution >= 0.6 is 0 Å². The molecule has 0 aromatic heterocycles. The van der Waals surface area contributed by atoms with Gasteiger partial charge in [-0.05, 0) is 29.2 Å². The summed E-state index contributed by atoms with van der Waals surface area (Å²) in [7, 11) is 0. The third-order valence-corrected chi connectivity index (χ3v) is 4.29. The Hall–Kier alpha value is -3.22. The van der Waals surface area contributed by atoms with Gasteiger partial charge < -0.3 is 10.1 Å². The van der Waals surface area contributed by atoms with Gasteiger partial charge in [-0.1, -0.05) is 32.0 Å². The SMILES string of the molecule is CC(C)c1ccc2c(c1)CC(C(=O)Nc1cccc([N+](=O)[O-])c1)OC2=O. The molecule has 7 heteroatoms. The fourth-order valence-electron chi connectivity index (χ4n) is 2.84. The lowest BCUT2D eigenvalue weighted by molar-refractivity contribution is -0.384. The number of hydrogen-bond acceptors (Lipinski definition) is 5. The summed E-state index contributed by atoms with van der Waals surface area (Å²) in [5.74, 6) is -0.754. The van der Waals surface area contributed by atoms with E-state index in [1.54, 1.807) is 12.1 Å². The van der Waals surface area contributed by atoms with Crippen molar-refractivity contribution in [3.05, 3.63) is 69.3 Å². The topological polar surface area (TPSA) is 98.5 Å². The zero-order chi connectivity index (χ0) is 18.8. The number of nitro groups is 1. The lowest BCUT2D eigenvalue weighted by Gasteiger charge is -2.24. The van der Waals surface area contributed by atoms with Gasteiger partial charge >= 0.3 is 5.97 Å². The molecule has 0 saturated heterocycles. The van der Waals surface area contributed by atoms with Crippen LogP contribution in [0.3, 0.4) is 0 Å². The molecule has 2 aromatic rings. The molecule has 3 rings (SSSR count). The highest BCUT2D eigenvalue weighted by Gasteiger charge is 2.31. The van der Waals surface area contributed by atoms with Gasteiger partial charge in [0.2, 0.25) is 0 Å². The first-order chi connectivity index (χ1) is 12.3. The van der Waals surface area contributed by atoms with Crippen molar-refractivity contribution in [1.82, 2.24) is 0 Å². The van der Waals surface area contributed by atoms with E-state index in [4.69, 9.17) is 4.74 Å². The summed E-state index contributed by atoms with van der Waals surface area (Å²) in [5.41, 5.74) is 2.47. The number of nitrogens with zero attached hydrogens (tertiary/aromatic N) is 1. The molecule has 0 bridgehead atoms. The zero-order valence-corrected chi connectivity index (χ0v) is 14.4. The number of nitrogens with one attached hydrogen (secondary N) is 1. The van der Waals surface area contributed by atoms with Crippen molar-refractivity contribution in [2.45, 2.75) is 32.3 Å². The van der Waals surface area contributed by atoms with Crippen molar-refractivity contribution in [3.8, 4) is 0 Å². The molecule has 1 N–H and O–H groups in total. The van der Waals surface area contributed by atoms with Gasteiger partial charge in [0.15, 0.2) is 6.10 Å². The number of esters is 1. The third kappa shape index (κ3) is 3.56. The average Bonchev–Trinajstić information content (AvgIpc) is 2.61. The van der Waals surface area contributed by atoms with Crippen molar-refractivity contribution in [2.24, 2.45) is 0 Å². The highest BCUT2D eigenvalue weighted by molar-refractivity contribution is 6.00. The predicted octanol–water partition coefficient (Wildman–Crippen LogP) is 3.44. The molecule has 1 atom stereocenters. The average molecular weight is 354 g/mol. The predicted molar refractivity (Wildman–Crippen MR) is 95.2 cm³/mol. The summed E-state index contributed by atoms with van der Waals surface area (Å²) < 4.78 is 5.24. The second-order valence-electron chi connectivity index (χ2n) is 6.47. The fraction of sp³-hybridized carbons (Fsp3) is 0.263. The summed E-state index contributed by atoms with van der Waals surface area (Å²) in [6.45, 7) is 4.10. The number of anilines is 1. The Bertz CT molecular complexity index is 891. The maximum Gasteiger partial charge on any atom is 0.339 e. The van der Waals surface area contributed by atoms with E-state index in [9.17, 15) is 19.7 Å². The Kier molecular flexibility index (Phi) is 4.71. The molecule has 0 saturated carbocycles. The first-order valence-corrected chi connectivity index (χ1v) is 8.24. The van der Waals surface area contributed by atoms with E-state index in [-0.39, 0.29) is 17.8 Å². The summed E-state index contributed by atoms with van der Waals surface area (Å²) in [5, 5.41) is 13.4. The maximum atomic E-state index is 12.5. The molecule has 1 aliphatic rings. The lowest BCUT2D eigenvalue weighted by Crippen LogP contribution is -2.38. The number of carbonyl (C=O) groups excluding carboxylic acids is 2. The fourth-order valence-corrected chi connectivity index (χ4v) is 2.84. The number of amides is 1. The van der Waals surface area contributed by atoms with Crippen molar-refractivity contribution >= 4 is 23.3 Å². The zero-order valence-electron chi connectivity index (χ0n) is 14.4. The highest BCUT2D eigenvalue weighted by Crippen LogP contribution is 2.26. The van der Waals surface area contributed by atoms with Crippen LogP contribution < -0.4 is 5.32 Å². The molecule has 134 valence electrons. The molecule has 7 nitrogen and oxygen atoms in total. The Morgan fingerprint density at radius 3 is 2.73 bits per heavy atom. The third-order valence-electron chi connectivity index (χ3n) is 4.29. The van der Waals surface area contributed by atoms with Gasteiger partial charge in [-0.15, -0.1) is 0 Å². The van der Waals surface area contributed by atoms with Gasteiger partial charge in [-0.2, -0.15) is 0 Å². The van der Waals surface area contributed by atoms with Crippen molar-refractivity contribution < 1.29 is 19.2 Å². The first-order valence-electron chi connectivity index (χ1n) is 8.24. The molecule has 1 heterocycles. The Morgan fingerprint density at radius 2 is 2.04 bits per heavy atom. The van der Waals surface area contributed by atoms with Crippen LogP contribution in [0.5, 0.6) is 0 Å². The van der Waals surface area contributed by atoms with Gasteiger partial charge in [0.05, 0.1) is 10.5 Å². The standard InChI is InChI=1S/C19H18N2O5/c1-11(2)12-6-7-16-13(8-12)9-17(26-19(16)23)18(22)20-14-4-3-5-15(10-14)21(24)25/h3-8,10-11,17H,9H2,1-2H3,(H,20,22). The van der Waals surface area contributed by atoms with Crippen LogP contribution in [-0.4, -0.2) is 22.9 Å². The Morgan fingerprint density at radius 1 is 1.27 bits per heavy atom. The molecule has 1 amide bonds. The molecule has 1 aliphatic heterocycles. The molecule has 0 spiro atoms. The second-order valence-corrected chi connectivity index (χ2v) is 6.47. The number of ether oxygens (including phenoxy) is 1. The highest BCUT2D eigenvalue weighted by atomic mass is 16.6.